The third-order valence-electron chi connectivity index (χ3n) is 5.58. The van der Waals surface area contributed by atoms with Crippen molar-refractivity contribution in [2.24, 2.45) is 0 Å². The van der Waals surface area contributed by atoms with E-state index in [4.69, 9.17) is 21.1 Å². The number of ether oxygens (including phenoxy) is 2. The summed E-state index contributed by atoms with van der Waals surface area (Å²) < 4.78 is 26.8. The SMILES string of the molecule is CO[C@@H]1[C@H](S)O[C@@H](CO)[C@@H](O)[C@@]1(c1cncc(Cl)c1)n1cc(-c2ccc(C)c(F)n2)nn1. The first-order valence-corrected chi connectivity index (χ1v) is 10.5. The number of nitrogens with zero attached hydrogens (tertiary/aromatic N) is 5. The van der Waals surface area contributed by atoms with Crippen molar-refractivity contribution >= 4 is 24.2 Å². The highest BCUT2D eigenvalue weighted by atomic mass is 35.5. The lowest BCUT2D eigenvalue weighted by atomic mass is 9.76. The number of thiol groups is 1. The van der Waals surface area contributed by atoms with Crippen LogP contribution in [0.5, 0.6) is 0 Å². The molecule has 0 radical (unpaired) electrons. The Hall–Kier alpha value is -2.15. The van der Waals surface area contributed by atoms with Crippen LogP contribution in [0.4, 0.5) is 4.39 Å². The highest BCUT2D eigenvalue weighted by molar-refractivity contribution is 7.80. The minimum absolute atomic E-state index is 0.260. The molecule has 1 fully saturated rings. The normalized spacial score (nSPS) is 28.1. The molecular formula is C20H21ClFN5O4S. The average molecular weight is 482 g/mol. The molecule has 0 saturated carbocycles. The first-order valence-electron chi connectivity index (χ1n) is 9.65. The quantitative estimate of drug-likeness (QED) is 0.372. The van der Waals surface area contributed by atoms with Gasteiger partial charge in [0.05, 0.1) is 23.5 Å². The fourth-order valence-corrected chi connectivity index (χ4v) is 4.68. The number of pyridine rings is 2. The van der Waals surface area contributed by atoms with Gasteiger partial charge in [0.2, 0.25) is 5.95 Å². The second kappa shape index (κ2) is 9.00. The lowest BCUT2D eigenvalue weighted by Crippen LogP contribution is -2.67. The van der Waals surface area contributed by atoms with Crippen LogP contribution in [0.25, 0.3) is 11.4 Å². The zero-order chi connectivity index (χ0) is 23.0. The maximum atomic E-state index is 14.0. The number of aryl methyl sites for hydroxylation is 1. The Morgan fingerprint density at radius 3 is 2.78 bits per heavy atom. The Balaban J connectivity index is 1.94. The van der Waals surface area contributed by atoms with E-state index in [2.05, 4.69) is 32.9 Å². The number of hydrogen-bond donors (Lipinski definition) is 3. The third kappa shape index (κ3) is 3.68. The fraction of sp³-hybridized carbons (Fsp3) is 0.400. The maximum absolute atomic E-state index is 14.0. The van der Waals surface area contributed by atoms with Crippen molar-refractivity contribution in [2.75, 3.05) is 13.7 Å². The topological polar surface area (TPSA) is 115 Å². The predicted octanol–water partition coefficient (Wildman–Crippen LogP) is 1.60. The average Bonchev–Trinajstić information content (AvgIpc) is 3.27. The molecule has 170 valence electrons. The van der Waals surface area contributed by atoms with Crippen LogP contribution in [-0.2, 0) is 15.0 Å². The summed E-state index contributed by atoms with van der Waals surface area (Å²) in [6.07, 6.45) is 1.17. The van der Waals surface area contributed by atoms with Gasteiger partial charge in [-0.25, -0.2) is 9.67 Å². The summed E-state index contributed by atoms with van der Waals surface area (Å²) in [6, 6.07) is 4.81. The van der Waals surface area contributed by atoms with Gasteiger partial charge >= 0.3 is 0 Å². The van der Waals surface area contributed by atoms with E-state index in [1.807, 2.05) is 0 Å². The van der Waals surface area contributed by atoms with Gasteiger partial charge in [-0.05, 0) is 19.1 Å². The number of methoxy groups -OCH3 is 1. The Kier molecular flexibility index (Phi) is 6.48. The molecule has 4 heterocycles. The molecule has 0 amide bonds. The number of aromatic nitrogens is 5. The van der Waals surface area contributed by atoms with Crippen LogP contribution in [-0.4, -0.2) is 72.6 Å². The number of hydrogen-bond acceptors (Lipinski definition) is 9. The van der Waals surface area contributed by atoms with Crippen LogP contribution < -0.4 is 0 Å². The molecule has 1 saturated heterocycles. The Bertz CT molecular complexity index is 1120. The monoisotopic (exact) mass is 481 g/mol. The van der Waals surface area contributed by atoms with Gasteiger partial charge in [0, 0.05) is 30.6 Å². The van der Waals surface area contributed by atoms with E-state index < -0.39 is 41.8 Å². The van der Waals surface area contributed by atoms with Crippen molar-refractivity contribution in [1.82, 2.24) is 25.0 Å². The Labute approximate surface area is 193 Å². The van der Waals surface area contributed by atoms with E-state index >= 15 is 0 Å². The highest BCUT2D eigenvalue weighted by Gasteiger charge is 2.59. The maximum Gasteiger partial charge on any atom is 0.216 e. The van der Waals surface area contributed by atoms with Crippen molar-refractivity contribution in [3.8, 4) is 11.4 Å². The van der Waals surface area contributed by atoms with Gasteiger partial charge in [-0.1, -0.05) is 22.9 Å². The summed E-state index contributed by atoms with van der Waals surface area (Å²) in [5.74, 6) is -0.623. The summed E-state index contributed by atoms with van der Waals surface area (Å²) >= 11 is 10.7. The zero-order valence-corrected chi connectivity index (χ0v) is 18.8. The van der Waals surface area contributed by atoms with Gasteiger partial charge in [-0.15, -0.1) is 17.7 Å². The lowest BCUT2D eigenvalue weighted by Gasteiger charge is -2.51. The highest BCUT2D eigenvalue weighted by Crippen LogP contribution is 2.44. The van der Waals surface area contributed by atoms with Crippen molar-refractivity contribution in [3.63, 3.8) is 0 Å². The number of halogens is 2. The zero-order valence-electron chi connectivity index (χ0n) is 17.1. The lowest BCUT2D eigenvalue weighted by molar-refractivity contribution is -0.213. The Morgan fingerprint density at radius 2 is 2.12 bits per heavy atom. The largest absolute Gasteiger partial charge is 0.394 e. The van der Waals surface area contributed by atoms with Gasteiger partial charge in [0.25, 0.3) is 0 Å². The number of rotatable bonds is 5. The van der Waals surface area contributed by atoms with E-state index in [0.717, 1.165) is 0 Å². The van der Waals surface area contributed by atoms with Crippen molar-refractivity contribution in [3.05, 3.63) is 58.9 Å². The molecule has 32 heavy (non-hydrogen) atoms. The van der Waals surface area contributed by atoms with Crippen LogP contribution >= 0.6 is 24.2 Å². The smallest absolute Gasteiger partial charge is 0.216 e. The second-order valence-electron chi connectivity index (χ2n) is 7.42. The number of aliphatic hydroxyl groups is 2. The molecular weight excluding hydrogens is 461 g/mol. The van der Waals surface area contributed by atoms with Crippen LogP contribution in [0.2, 0.25) is 5.02 Å². The van der Waals surface area contributed by atoms with Gasteiger partial charge < -0.3 is 19.7 Å². The van der Waals surface area contributed by atoms with E-state index in [9.17, 15) is 14.6 Å². The summed E-state index contributed by atoms with van der Waals surface area (Å²) in [5.41, 5.74) is -0.991. The van der Waals surface area contributed by atoms with Crippen LogP contribution in [0.1, 0.15) is 11.1 Å². The van der Waals surface area contributed by atoms with Gasteiger partial charge in [0.15, 0.2) is 0 Å². The van der Waals surface area contributed by atoms with E-state index in [0.29, 0.717) is 16.1 Å². The summed E-state index contributed by atoms with van der Waals surface area (Å²) in [7, 11) is 1.44. The Morgan fingerprint density at radius 1 is 1.34 bits per heavy atom. The standard InChI is InChI=1S/C20H21ClFN5O4S/c1-10-3-4-13(24-18(10)22)14-8-27(26-25-14)20(11-5-12(21)7-23-6-11)16(29)15(9-28)31-19(32)17(20)30-2/h3-8,15-17,19,28-29,32H,9H2,1-2H3/t15-,16+,17+,19-,20+/m0/s1. The molecule has 1 aliphatic rings. The molecule has 0 bridgehead atoms. The molecule has 9 nitrogen and oxygen atoms in total. The predicted molar refractivity (Wildman–Crippen MR) is 116 cm³/mol. The minimum atomic E-state index is -1.49. The molecule has 12 heteroatoms. The van der Waals surface area contributed by atoms with Crippen molar-refractivity contribution in [1.29, 1.82) is 0 Å². The second-order valence-corrected chi connectivity index (χ2v) is 8.36. The number of aliphatic hydroxyl groups excluding tert-OH is 2. The summed E-state index contributed by atoms with van der Waals surface area (Å²) in [6.45, 7) is 1.12. The molecule has 0 unspecified atom stereocenters. The van der Waals surface area contributed by atoms with E-state index in [1.54, 1.807) is 25.1 Å². The first kappa shape index (κ1) is 23.0. The van der Waals surface area contributed by atoms with Gasteiger partial charge in [0.1, 0.15) is 35.0 Å². The van der Waals surface area contributed by atoms with E-state index in [-0.39, 0.29) is 11.4 Å². The molecule has 0 spiro atoms. The first-order chi connectivity index (χ1) is 15.3. The third-order valence-corrected chi connectivity index (χ3v) is 6.18. The molecule has 3 aromatic rings. The van der Waals surface area contributed by atoms with Crippen molar-refractivity contribution < 1.29 is 24.1 Å². The molecule has 0 aliphatic carbocycles. The van der Waals surface area contributed by atoms with Crippen LogP contribution in [0.3, 0.4) is 0 Å². The summed E-state index contributed by atoms with van der Waals surface area (Å²) in [5, 5.41) is 30.0. The fourth-order valence-electron chi connectivity index (χ4n) is 4.01. The molecule has 4 rings (SSSR count). The minimum Gasteiger partial charge on any atom is -0.394 e. The van der Waals surface area contributed by atoms with Crippen LogP contribution in [0, 0.1) is 12.9 Å². The van der Waals surface area contributed by atoms with Crippen LogP contribution in [0.15, 0.2) is 36.8 Å². The molecule has 0 aromatic carbocycles. The van der Waals surface area contributed by atoms with Crippen molar-refractivity contribution in [2.45, 2.75) is 36.2 Å². The van der Waals surface area contributed by atoms with E-state index in [1.165, 1.54) is 30.4 Å². The molecule has 3 aromatic heterocycles. The molecule has 5 atom stereocenters. The summed E-state index contributed by atoms with van der Waals surface area (Å²) in [4.78, 5) is 8.07. The molecule has 2 N–H and O–H groups in total. The van der Waals surface area contributed by atoms with Gasteiger partial charge in [-0.3, -0.25) is 4.98 Å². The van der Waals surface area contributed by atoms with Gasteiger partial charge in [-0.2, -0.15) is 4.39 Å². The molecule has 1 aliphatic heterocycles.